The lowest BCUT2D eigenvalue weighted by atomic mass is 9.96. The molecule has 0 saturated carbocycles. The van der Waals surface area contributed by atoms with Crippen LogP contribution in [0.3, 0.4) is 0 Å². The zero-order valence-corrected chi connectivity index (χ0v) is 20.2. The van der Waals surface area contributed by atoms with Crippen LogP contribution in [0.5, 0.6) is 0 Å². The molecule has 190 valence electrons. The molecule has 0 bridgehead atoms. The van der Waals surface area contributed by atoms with Gasteiger partial charge in [-0.15, -0.1) is 11.3 Å². The van der Waals surface area contributed by atoms with Gasteiger partial charge in [0.05, 0.1) is 22.4 Å². The SMILES string of the molecule is CN(C(=O)O)C(C(N)=O)c1cccc(Nc2sc(-c3c(F)cc(C(C)(C)O)cc3F)cc2C(N)=O)n1. The average molecular weight is 520 g/mol. The van der Waals surface area contributed by atoms with E-state index in [1.165, 1.54) is 38.1 Å². The molecule has 0 saturated heterocycles. The number of amides is 3. The van der Waals surface area contributed by atoms with Gasteiger partial charge in [-0.1, -0.05) is 6.07 Å². The largest absolute Gasteiger partial charge is 0.465 e. The molecule has 0 fully saturated rings. The number of carbonyl (C=O) groups is 3. The van der Waals surface area contributed by atoms with E-state index in [0.29, 0.717) is 4.90 Å². The number of anilines is 2. The summed E-state index contributed by atoms with van der Waals surface area (Å²) in [7, 11) is 1.16. The zero-order chi connectivity index (χ0) is 26.9. The lowest BCUT2D eigenvalue weighted by Crippen LogP contribution is -2.38. The van der Waals surface area contributed by atoms with Gasteiger partial charge in [0.1, 0.15) is 22.5 Å². The summed E-state index contributed by atoms with van der Waals surface area (Å²) in [5.74, 6) is -3.65. The van der Waals surface area contributed by atoms with Crippen molar-refractivity contribution in [3.8, 4) is 10.4 Å². The topological polar surface area (TPSA) is 172 Å². The Balaban J connectivity index is 2.04. The quantitative estimate of drug-likeness (QED) is 0.304. The van der Waals surface area contributed by atoms with Crippen molar-refractivity contribution in [2.24, 2.45) is 11.5 Å². The molecule has 1 unspecified atom stereocenters. The van der Waals surface area contributed by atoms with Crippen LogP contribution in [0.1, 0.15) is 41.5 Å². The number of rotatable bonds is 8. The first-order valence-electron chi connectivity index (χ1n) is 10.4. The number of aromatic nitrogens is 1. The van der Waals surface area contributed by atoms with Crippen LogP contribution in [-0.2, 0) is 10.4 Å². The van der Waals surface area contributed by atoms with Gasteiger partial charge in [-0.25, -0.2) is 18.6 Å². The van der Waals surface area contributed by atoms with Gasteiger partial charge < -0.3 is 27.0 Å². The van der Waals surface area contributed by atoms with Gasteiger partial charge in [0.2, 0.25) is 5.91 Å². The summed E-state index contributed by atoms with van der Waals surface area (Å²) in [5.41, 5.74) is 8.88. The second-order valence-corrected chi connectivity index (χ2v) is 9.41. The molecular weight excluding hydrogens is 496 g/mol. The summed E-state index contributed by atoms with van der Waals surface area (Å²) in [6, 6.07) is 6.16. The van der Waals surface area contributed by atoms with Gasteiger partial charge in [-0.05, 0) is 49.7 Å². The number of carboxylic acid groups (broad SMARTS) is 1. The van der Waals surface area contributed by atoms with Gasteiger partial charge in [0.15, 0.2) is 6.04 Å². The van der Waals surface area contributed by atoms with Crippen LogP contribution in [-0.4, -0.2) is 45.1 Å². The van der Waals surface area contributed by atoms with Gasteiger partial charge >= 0.3 is 6.09 Å². The molecule has 1 atom stereocenters. The maximum absolute atomic E-state index is 14.9. The lowest BCUT2D eigenvalue weighted by molar-refractivity contribution is -0.122. The van der Waals surface area contributed by atoms with Crippen LogP contribution in [0.25, 0.3) is 10.4 Å². The average Bonchev–Trinajstić information content (AvgIpc) is 3.16. The minimum Gasteiger partial charge on any atom is -0.465 e. The summed E-state index contributed by atoms with van der Waals surface area (Å²) >= 11 is 0.819. The standard InChI is InChI=1S/C23H23F2N5O5S/c1-23(2,35)10-7-12(24)17(13(25)8-10)15-9-11(19(26)31)21(36-15)29-16-6-4-5-14(28-16)18(20(27)32)30(3)22(33)34/h4-9,18,35H,1-3H3,(H2,26,31)(H2,27,32)(H,28,29)(H,33,34). The van der Waals surface area contributed by atoms with E-state index in [-0.39, 0.29) is 32.5 Å². The summed E-state index contributed by atoms with van der Waals surface area (Å²) in [6.07, 6.45) is -1.41. The molecule has 3 aromatic rings. The number of thiophene rings is 1. The molecule has 3 amide bonds. The number of primary amides is 2. The highest BCUT2D eigenvalue weighted by atomic mass is 32.1. The summed E-state index contributed by atoms with van der Waals surface area (Å²) in [4.78, 5) is 40.2. The van der Waals surface area contributed by atoms with Crippen molar-refractivity contribution in [1.29, 1.82) is 0 Å². The number of pyridine rings is 1. The van der Waals surface area contributed by atoms with Crippen molar-refractivity contribution >= 4 is 40.1 Å². The van der Waals surface area contributed by atoms with E-state index in [9.17, 15) is 33.4 Å². The number of nitrogens with one attached hydrogen (secondary N) is 1. The van der Waals surface area contributed by atoms with Crippen molar-refractivity contribution < 1.29 is 33.4 Å². The molecule has 0 spiro atoms. The Bertz CT molecular complexity index is 1330. The third kappa shape index (κ3) is 5.42. The van der Waals surface area contributed by atoms with Crippen molar-refractivity contribution in [3.63, 3.8) is 0 Å². The van der Waals surface area contributed by atoms with Crippen molar-refractivity contribution in [1.82, 2.24) is 9.88 Å². The number of halogens is 2. The molecule has 2 aromatic heterocycles. The molecule has 13 heteroatoms. The monoisotopic (exact) mass is 519 g/mol. The number of nitrogens with two attached hydrogens (primary N) is 2. The van der Waals surface area contributed by atoms with Crippen molar-refractivity contribution in [2.75, 3.05) is 12.4 Å². The maximum Gasteiger partial charge on any atom is 0.408 e. The van der Waals surface area contributed by atoms with Crippen molar-refractivity contribution in [2.45, 2.75) is 25.5 Å². The zero-order valence-electron chi connectivity index (χ0n) is 19.4. The Morgan fingerprint density at radius 1 is 1.14 bits per heavy atom. The Labute approximate surface area is 208 Å². The fourth-order valence-corrected chi connectivity index (χ4v) is 4.51. The Morgan fingerprint density at radius 3 is 2.25 bits per heavy atom. The van der Waals surface area contributed by atoms with Gasteiger partial charge in [0, 0.05) is 11.9 Å². The Hall–Kier alpha value is -4.10. The highest BCUT2D eigenvalue weighted by Crippen LogP contribution is 2.40. The van der Waals surface area contributed by atoms with E-state index in [1.54, 1.807) is 0 Å². The molecule has 0 radical (unpaired) electrons. The molecular formula is C23H23F2N5O5S. The molecule has 7 N–H and O–H groups in total. The number of hydrogen-bond donors (Lipinski definition) is 5. The highest BCUT2D eigenvalue weighted by molar-refractivity contribution is 7.20. The molecule has 0 aliphatic rings. The third-order valence-corrected chi connectivity index (χ3v) is 6.31. The first-order chi connectivity index (χ1) is 16.7. The summed E-state index contributed by atoms with van der Waals surface area (Å²) < 4.78 is 29.7. The number of benzene rings is 1. The number of carbonyl (C=O) groups excluding carboxylic acids is 2. The van der Waals surface area contributed by atoms with Crippen LogP contribution in [0.2, 0.25) is 0 Å². The van der Waals surface area contributed by atoms with Crippen LogP contribution < -0.4 is 16.8 Å². The van der Waals surface area contributed by atoms with E-state index in [2.05, 4.69) is 10.3 Å². The van der Waals surface area contributed by atoms with E-state index in [1.807, 2.05) is 0 Å². The molecule has 0 aliphatic heterocycles. The fourth-order valence-electron chi connectivity index (χ4n) is 3.39. The maximum atomic E-state index is 14.9. The van der Waals surface area contributed by atoms with Crippen LogP contribution in [0.4, 0.5) is 24.4 Å². The van der Waals surface area contributed by atoms with Gasteiger partial charge in [-0.2, -0.15) is 0 Å². The summed E-state index contributed by atoms with van der Waals surface area (Å²) in [5, 5.41) is 22.2. The Morgan fingerprint density at radius 2 is 1.75 bits per heavy atom. The molecule has 3 rings (SSSR count). The number of hydrogen-bond acceptors (Lipinski definition) is 7. The predicted molar refractivity (Wildman–Crippen MR) is 129 cm³/mol. The van der Waals surface area contributed by atoms with Crippen LogP contribution >= 0.6 is 11.3 Å². The number of aliphatic hydroxyl groups is 1. The molecule has 2 heterocycles. The van der Waals surface area contributed by atoms with Crippen LogP contribution in [0, 0.1) is 11.6 Å². The fraction of sp³-hybridized carbons (Fsp3) is 0.217. The molecule has 0 aliphatic carbocycles. The van der Waals surface area contributed by atoms with E-state index >= 15 is 0 Å². The second kappa shape index (κ2) is 9.87. The third-order valence-electron chi connectivity index (χ3n) is 5.24. The minimum atomic E-state index is -1.48. The predicted octanol–water partition coefficient (Wildman–Crippen LogP) is 3.29. The normalized spacial score (nSPS) is 12.2. The molecule has 10 nitrogen and oxygen atoms in total. The number of nitrogens with zero attached hydrogens (tertiary/aromatic N) is 2. The van der Waals surface area contributed by atoms with Crippen LogP contribution in [0.15, 0.2) is 36.4 Å². The lowest BCUT2D eigenvalue weighted by Gasteiger charge is -2.22. The first kappa shape index (κ1) is 26.5. The van der Waals surface area contributed by atoms with E-state index in [0.717, 1.165) is 30.5 Å². The van der Waals surface area contributed by atoms with Crippen molar-refractivity contribution in [3.05, 3.63) is 64.9 Å². The Kier molecular flexibility index (Phi) is 7.27. The molecule has 36 heavy (non-hydrogen) atoms. The highest BCUT2D eigenvalue weighted by Gasteiger charge is 2.28. The molecule has 1 aromatic carbocycles. The summed E-state index contributed by atoms with van der Waals surface area (Å²) in [6.45, 7) is 2.77. The van der Waals surface area contributed by atoms with Gasteiger partial charge in [0.25, 0.3) is 5.91 Å². The van der Waals surface area contributed by atoms with Gasteiger partial charge in [-0.3, -0.25) is 14.5 Å². The first-order valence-corrected chi connectivity index (χ1v) is 11.2. The smallest absolute Gasteiger partial charge is 0.408 e. The number of likely N-dealkylation sites (N-methyl/N-ethyl adjacent to an activating group) is 1. The van der Waals surface area contributed by atoms with E-state index in [4.69, 9.17) is 11.5 Å². The van der Waals surface area contributed by atoms with E-state index < -0.39 is 46.7 Å². The second-order valence-electron chi connectivity index (χ2n) is 8.36. The minimum absolute atomic E-state index is 0.00843.